The van der Waals surface area contributed by atoms with Crippen LogP contribution in [0.5, 0.6) is 0 Å². The van der Waals surface area contributed by atoms with Crippen molar-refractivity contribution in [3.8, 4) is 0 Å². The number of aryl methyl sites for hydroxylation is 2. The van der Waals surface area contributed by atoms with E-state index in [1.54, 1.807) is 0 Å². The van der Waals surface area contributed by atoms with Crippen LogP contribution in [0.25, 0.3) is 0 Å². The molecular formula is C17H22N2O2. The summed E-state index contributed by atoms with van der Waals surface area (Å²) >= 11 is 0. The summed E-state index contributed by atoms with van der Waals surface area (Å²) in [7, 11) is 0. The molecule has 2 fully saturated rings. The largest absolute Gasteiger partial charge is 0.353 e. The monoisotopic (exact) mass is 286 g/mol. The molecule has 2 saturated heterocycles. The molecule has 21 heavy (non-hydrogen) atoms. The maximum Gasteiger partial charge on any atom is 0.254 e. The summed E-state index contributed by atoms with van der Waals surface area (Å²) in [6, 6.07) is 6.28. The number of nitrogens with zero attached hydrogens (tertiary/aromatic N) is 1. The second-order valence-electron chi connectivity index (χ2n) is 6.33. The van der Waals surface area contributed by atoms with Crippen LogP contribution in [-0.4, -0.2) is 35.8 Å². The summed E-state index contributed by atoms with van der Waals surface area (Å²) in [6.45, 7) is 5.49. The Morgan fingerprint density at radius 3 is 2.90 bits per heavy atom. The molecule has 2 heterocycles. The van der Waals surface area contributed by atoms with Crippen molar-refractivity contribution in [2.45, 2.75) is 39.2 Å². The Labute approximate surface area is 125 Å². The van der Waals surface area contributed by atoms with Crippen molar-refractivity contribution in [3.63, 3.8) is 0 Å². The Hall–Kier alpha value is -1.84. The van der Waals surface area contributed by atoms with Gasteiger partial charge in [-0.1, -0.05) is 17.7 Å². The first-order valence-corrected chi connectivity index (χ1v) is 7.70. The van der Waals surface area contributed by atoms with Gasteiger partial charge in [0.25, 0.3) is 5.91 Å². The number of rotatable bonds is 1. The van der Waals surface area contributed by atoms with Crippen LogP contribution < -0.4 is 5.32 Å². The molecule has 2 aliphatic heterocycles. The Morgan fingerprint density at radius 1 is 1.29 bits per heavy atom. The first-order chi connectivity index (χ1) is 10.0. The molecule has 2 amide bonds. The van der Waals surface area contributed by atoms with Gasteiger partial charge in [0.05, 0.1) is 0 Å². The third kappa shape index (κ3) is 2.80. The highest BCUT2D eigenvalue weighted by atomic mass is 16.2. The molecule has 0 aliphatic carbocycles. The predicted molar refractivity (Wildman–Crippen MR) is 81.1 cm³/mol. The lowest BCUT2D eigenvalue weighted by Gasteiger charge is -2.41. The van der Waals surface area contributed by atoms with Gasteiger partial charge in [0.15, 0.2) is 0 Å². The second kappa shape index (κ2) is 5.51. The van der Waals surface area contributed by atoms with E-state index in [1.807, 2.05) is 36.9 Å². The highest BCUT2D eigenvalue weighted by molar-refractivity contribution is 5.96. The molecule has 2 aliphatic rings. The average Bonchev–Trinajstić information content (AvgIpc) is 2.48. The van der Waals surface area contributed by atoms with Gasteiger partial charge in [-0.2, -0.15) is 0 Å². The fourth-order valence-electron chi connectivity index (χ4n) is 3.43. The summed E-state index contributed by atoms with van der Waals surface area (Å²) in [5, 5.41) is 3.06. The molecule has 112 valence electrons. The summed E-state index contributed by atoms with van der Waals surface area (Å²) < 4.78 is 0. The first kappa shape index (κ1) is 14.1. The molecule has 0 bridgehead atoms. The fourth-order valence-corrected chi connectivity index (χ4v) is 3.43. The number of hydrogen-bond donors (Lipinski definition) is 1. The van der Waals surface area contributed by atoms with Gasteiger partial charge in [-0.3, -0.25) is 9.59 Å². The number of nitrogens with one attached hydrogen (secondary N) is 1. The van der Waals surface area contributed by atoms with Gasteiger partial charge in [-0.25, -0.2) is 0 Å². The molecule has 0 spiro atoms. The Balaban J connectivity index is 1.74. The normalized spacial score (nSPS) is 25.2. The summed E-state index contributed by atoms with van der Waals surface area (Å²) in [4.78, 5) is 26.2. The molecule has 1 N–H and O–H groups in total. The highest BCUT2D eigenvalue weighted by Crippen LogP contribution is 2.26. The van der Waals surface area contributed by atoms with Crippen molar-refractivity contribution < 1.29 is 9.59 Å². The SMILES string of the molecule is Cc1ccc(C)c(C(=O)N2CCC3NC(=O)CCC3C2)c1. The average molecular weight is 286 g/mol. The lowest BCUT2D eigenvalue weighted by molar-refractivity contribution is -0.125. The molecule has 3 rings (SSSR count). The van der Waals surface area contributed by atoms with Crippen LogP contribution in [0.4, 0.5) is 0 Å². The third-order valence-corrected chi connectivity index (χ3v) is 4.73. The van der Waals surface area contributed by atoms with Crippen molar-refractivity contribution in [1.82, 2.24) is 10.2 Å². The zero-order chi connectivity index (χ0) is 15.0. The highest BCUT2D eigenvalue weighted by Gasteiger charge is 2.35. The minimum Gasteiger partial charge on any atom is -0.353 e. The maximum atomic E-state index is 12.8. The molecule has 4 heteroatoms. The van der Waals surface area contributed by atoms with E-state index in [1.165, 1.54) is 0 Å². The molecular weight excluding hydrogens is 264 g/mol. The molecule has 0 aromatic heterocycles. The summed E-state index contributed by atoms with van der Waals surface area (Å²) in [5.41, 5.74) is 2.96. The topological polar surface area (TPSA) is 49.4 Å². The number of amides is 2. The van der Waals surface area contributed by atoms with Crippen molar-refractivity contribution in [2.75, 3.05) is 13.1 Å². The Bertz CT molecular complexity index is 582. The van der Waals surface area contributed by atoms with Gasteiger partial charge in [0.1, 0.15) is 0 Å². The lowest BCUT2D eigenvalue weighted by atomic mass is 9.85. The third-order valence-electron chi connectivity index (χ3n) is 4.73. The van der Waals surface area contributed by atoms with Crippen LogP contribution in [-0.2, 0) is 4.79 Å². The predicted octanol–water partition coefficient (Wildman–Crippen LogP) is 2.04. The number of carbonyl (C=O) groups is 2. The van der Waals surface area contributed by atoms with Crippen LogP contribution in [0.15, 0.2) is 18.2 Å². The van der Waals surface area contributed by atoms with Crippen LogP contribution >= 0.6 is 0 Å². The smallest absolute Gasteiger partial charge is 0.254 e. The molecule has 0 radical (unpaired) electrons. The van der Waals surface area contributed by atoms with Gasteiger partial charge in [-0.05, 0) is 44.2 Å². The standard InChI is InChI=1S/C17H22N2O2/c1-11-3-4-12(2)14(9-11)17(21)19-8-7-15-13(10-19)5-6-16(20)18-15/h3-4,9,13,15H,5-8,10H2,1-2H3,(H,18,20). The van der Waals surface area contributed by atoms with Crippen LogP contribution in [0.1, 0.15) is 40.7 Å². The number of carbonyl (C=O) groups excluding carboxylic acids is 2. The number of piperidine rings is 2. The van der Waals surface area contributed by atoms with Gasteiger partial charge >= 0.3 is 0 Å². The van der Waals surface area contributed by atoms with Gasteiger partial charge in [-0.15, -0.1) is 0 Å². The van der Waals surface area contributed by atoms with Crippen LogP contribution in [0.2, 0.25) is 0 Å². The zero-order valence-electron chi connectivity index (χ0n) is 12.7. The van der Waals surface area contributed by atoms with E-state index in [2.05, 4.69) is 5.32 Å². The number of fused-ring (bicyclic) bond motifs is 1. The van der Waals surface area contributed by atoms with Crippen LogP contribution in [0, 0.1) is 19.8 Å². The lowest BCUT2D eigenvalue weighted by Crippen LogP contribution is -2.55. The molecule has 0 saturated carbocycles. The summed E-state index contributed by atoms with van der Waals surface area (Å²) in [6.07, 6.45) is 2.35. The van der Waals surface area contributed by atoms with E-state index in [4.69, 9.17) is 0 Å². The maximum absolute atomic E-state index is 12.8. The van der Waals surface area contributed by atoms with Crippen molar-refractivity contribution >= 4 is 11.8 Å². The van der Waals surface area contributed by atoms with E-state index in [-0.39, 0.29) is 17.9 Å². The van der Waals surface area contributed by atoms with E-state index < -0.39 is 0 Å². The number of likely N-dealkylation sites (tertiary alicyclic amines) is 1. The Kier molecular flexibility index (Phi) is 3.70. The Morgan fingerprint density at radius 2 is 2.10 bits per heavy atom. The van der Waals surface area contributed by atoms with E-state index in [0.717, 1.165) is 42.6 Å². The van der Waals surface area contributed by atoms with E-state index in [0.29, 0.717) is 12.3 Å². The molecule has 2 atom stereocenters. The zero-order valence-corrected chi connectivity index (χ0v) is 12.7. The molecule has 4 nitrogen and oxygen atoms in total. The first-order valence-electron chi connectivity index (χ1n) is 7.70. The fraction of sp³-hybridized carbons (Fsp3) is 0.529. The van der Waals surface area contributed by atoms with Crippen LogP contribution in [0.3, 0.4) is 0 Å². The van der Waals surface area contributed by atoms with Gasteiger partial charge in [0, 0.05) is 31.1 Å². The number of hydrogen-bond acceptors (Lipinski definition) is 2. The van der Waals surface area contributed by atoms with Gasteiger partial charge < -0.3 is 10.2 Å². The quantitative estimate of drug-likeness (QED) is 0.859. The summed E-state index contributed by atoms with van der Waals surface area (Å²) in [5.74, 6) is 0.697. The molecule has 2 unspecified atom stereocenters. The van der Waals surface area contributed by atoms with Crippen molar-refractivity contribution in [1.29, 1.82) is 0 Å². The van der Waals surface area contributed by atoms with Crippen molar-refractivity contribution in [2.24, 2.45) is 5.92 Å². The number of benzene rings is 1. The molecule has 1 aromatic carbocycles. The second-order valence-corrected chi connectivity index (χ2v) is 6.33. The molecule has 1 aromatic rings. The van der Waals surface area contributed by atoms with Crippen molar-refractivity contribution in [3.05, 3.63) is 34.9 Å². The van der Waals surface area contributed by atoms with E-state index in [9.17, 15) is 9.59 Å². The van der Waals surface area contributed by atoms with Gasteiger partial charge in [0.2, 0.25) is 5.91 Å². The minimum atomic E-state index is 0.131. The minimum absolute atomic E-state index is 0.131. The van der Waals surface area contributed by atoms with E-state index >= 15 is 0 Å².